The summed E-state index contributed by atoms with van der Waals surface area (Å²) >= 11 is 11.8. The number of nitrogens with one attached hydrogen (secondary N) is 2. The van der Waals surface area contributed by atoms with Gasteiger partial charge in [-0.3, -0.25) is 24.2 Å². The molecule has 8 rings (SSSR count). The molecule has 0 aliphatic rings. The van der Waals surface area contributed by atoms with E-state index in [9.17, 15) is 28.0 Å². The number of methoxy groups -OCH3 is 2. The van der Waals surface area contributed by atoms with E-state index in [1.807, 2.05) is 13.8 Å². The van der Waals surface area contributed by atoms with Crippen LogP contribution in [0.25, 0.3) is 33.4 Å². The second kappa shape index (κ2) is 18.3. The molecule has 0 spiro atoms. The van der Waals surface area contributed by atoms with E-state index in [0.29, 0.717) is 34.4 Å². The maximum atomic E-state index is 14.7. The summed E-state index contributed by atoms with van der Waals surface area (Å²) in [7, 11) is 2.93. The Morgan fingerprint density at radius 1 is 0.625 bits per heavy atom. The van der Waals surface area contributed by atoms with Crippen molar-refractivity contribution in [2.75, 3.05) is 24.9 Å². The first-order valence-corrected chi connectivity index (χ1v) is 19.7. The molecule has 6 aromatic heterocycles. The Bertz CT molecular complexity index is 3290. The summed E-state index contributed by atoms with van der Waals surface area (Å²) in [5, 5.41) is 13.9. The number of rotatable bonds is 8. The lowest BCUT2D eigenvalue weighted by molar-refractivity contribution is 0.101. The van der Waals surface area contributed by atoms with E-state index in [1.165, 1.54) is 72.5 Å². The van der Waals surface area contributed by atoms with Crippen molar-refractivity contribution in [2.24, 2.45) is 0 Å². The molecule has 2 aromatic carbocycles. The number of carbonyl (C=O) groups is 2. The highest BCUT2D eigenvalue weighted by molar-refractivity contribution is 6.31. The summed E-state index contributed by atoms with van der Waals surface area (Å²) in [5.74, 6) is -2.14. The quantitative estimate of drug-likeness (QED) is 0.151. The molecule has 0 bridgehead atoms. The average Bonchev–Trinajstić information content (AvgIpc) is 3.26. The van der Waals surface area contributed by atoms with Gasteiger partial charge < -0.3 is 20.1 Å². The lowest BCUT2D eigenvalue weighted by atomic mass is 10.1. The number of pyridine rings is 4. The van der Waals surface area contributed by atoms with Gasteiger partial charge in [-0.25, -0.2) is 33.1 Å². The number of carbonyl (C=O) groups excluding carboxylic acids is 2. The fourth-order valence-corrected chi connectivity index (χ4v) is 6.50. The Balaban J connectivity index is 0.000000191. The highest BCUT2D eigenvalue weighted by Crippen LogP contribution is 2.25. The van der Waals surface area contributed by atoms with Crippen LogP contribution < -0.4 is 31.0 Å². The summed E-state index contributed by atoms with van der Waals surface area (Å²) in [6.07, 6.45) is 4.24. The van der Waals surface area contributed by atoms with Gasteiger partial charge in [-0.05, 0) is 93.4 Å². The average molecular weight is 908 g/mol. The molecule has 64 heavy (non-hydrogen) atoms. The van der Waals surface area contributed by atoms with Gasteiger partial charge in [0, 0.05) is 33.6 Å². The largest absolute Gasteiger partial charge is 0.495 e. The van der Waals surface area contributed by atoms with E-state index in [4.69, 9.17) is 32.7 Å². The van der Waals surface area contributed by atoms with Gasteiger partial charge in [0.05, 0.1) is 55.2 Å². The number of amides is 2. The van der Waals surface area contributed by atoms with Crippen molar-refractivity contribution >= 4 is 68.5 Å². The maximum Gasteiger partial charge on any atom is 0.280 e. The van der Waals surface area contributed by atoms with E-state index < -0.39 is 45.7 Å². The second-order valence-electron chi connectivity index (χ2n) is 14.0. The number of nitrogens with zero attached hydrogens (tertiary/aromatic N) is 8. The van der Waals surface area contributed by atoms with E-state index in [-0.39, 0.29) is 43.5 Å². The number of hydrogen-bond donors (Lipinski definition) is 2. The van der Waals surface area contributed by atoms with Crippen molar-refractivity contribution in [1.29, 1.82) is 0 Å². The highest BCUT2D eigenvalue weighted by atomic mass is 35.5. The lowest BCUT2D eigenvalue weighted by Gasteiger charge is -2.14. The number of aromatic nitrogens is 8. The number of fused-ring (bicyclic) bond motifs is 2. The third kappa shape index (κ3) is 9.09. The number of ether oxygens (including phenoxy) is 2. The summed E-state index contributed by atoms with van der Waals surface area (Å²) < 4.78 is 41.9. The molecule has 0 saturated heterocycles. The zero-order valence-electron chi connectivity index (χ0n) is 34.6. The predicted molar refractivity (Wildman–Crippen MR) is 237 cm³/mol. The summed E-state index contributed by atoms with van der Waals surface area (Å²) in [4.78, 5) is 68.8. The third-order valence-electron chi connectivity index (χ3n) is 9.72. The van der Waals surface area contributed by atoms with Crippen molar-refractivity contribution in [3.8, 4) is 23.0 Å². The van der Waals surface area contributed by atoms with Gasteiger partial charge in [0.25, 0.3) is 11.8 Å². The zero-order valence-corrected chi connectivity index (χ0v) is 36.1. The number of anilines is 2. The topological polar surface area (TPSA) is 198 Å². The van der Waals surface area contributed by atoms with Crippen LogP contribution in [-0.4, -0.2) is 65.5 Å². The van der Waals surface area contributed by atoms with Gasteiger partial charge in [0.2, 0.25) is 16.7 Å². The summed E-state index contributed by atoms with van der Waals surface area (Å²) in [5.41, 5.74) is 1.70. The van der Waals surface area contributed by atoms with Crippen LogP contribution in [0.3, 0.4) is 0 Å². The lowest BCUT2D eigenvalue weighted by Crippen LogP contribution is -2.28. The van der Waals surface area contributed by atoms with Crippen LogP contribution in [0.2, 0.25) is 10.0 Å². The Hall–Kier alpha value is -7.70. The van der Waals surface area contributed by atoms with Gasteiger partial charge >= 0.3 is 0 Å². The van der Waals surface area contributed by atoms with Gasteiger partial charge in [0.1, 0.15) is 39.8 Å². The molecule has 2 amide bonds. The van der Waals surface area contributed by atoms with Gasteiger partial charge in [-0.2, -0.15) is 10.2 Å². The van der Waals surface area contributed by atoms with Crippen LogP contribution in [0.15, 0.2) is 94.9 Å². The summed E-state index contributed by atoms with van der Waals surface area (Å²) in [6, 6.07) is 16.1. The molecule has 6 heterocycles. The first kappa shape index (κ1) is 44.4. The summed E-state index contributed by atoms with van der Waals surface area (Å²) in [6.45, 7) is 7.10. The van der Waals surface area contributed by atoms with Crippen molar-refractivity contribution in [1.82, 2.24) is 39.5 Å². The van der Waals surface area contributed by atoms with E-state index in [1.54, 1.807) is 38.1 Å². The normalized spacial score (nSPS) is 10.9. The van der Waals surface area contributed by atoms with E-state index in [0.717, 1.165) is 23.3 Å². The molecule has 0 aliphatic heterocycles. The molecule has 2 N–H and O–H groups in total. The first-order chi connectivity index (χ1) is 30.6. The van der Waals surface area contributed by atoms with Crippen molar-refractivity contribution in [3.63, 3.8) is 0 Å². The van der Waals surface area contributed by atoms with Crippen LogP contribution in [0.4, 0.5) is 20.2 Å². The van der Waals surface area contributed by atoms with Crippen LogP contribution in [0, 0.1) is 39.3 Å². The van der Waals surface area contributed by atoms with Crippen LogP contribution in [-0.2, 0) is 0 Å². The monoisotopic (exact) mass is 906 g/mol. The third-order valence-corrected chi connectivity index (χ3v) is 10.2. The van der Waals surface area contributed by atoms with E-state index >= 15 is 0 Å². The molecule has 0 saturated carbocycles. The standard InChI is InChI=1S/2C22H17ClFN5O3/c1-11-8-17-19(26-12(11)2)21(30)20(22(31)27-14-5-7-18(32-3)25-10-14)28-29(17)16-6-4-13(23)9-15(16)24;1-11-6-18-19(26-12(11)2)21(30)20(22(31)27-14-8-15(32-3)10-25-9-14)28-29(18)17-5-4-13(23)7-16(17)24/h2*4-10H,1-3H3,(H,27,31). The minimum absolute atomic E-state index is 0.00421. The van der Waals surface area contributed by atoms with Crippen LogP contribution >= 0.6 is 23.2 Å². The molecule has 0 unspecified atom stereocenters. The maximum absolute atomic E-state index is 14.7. The fourth-order valence-electron chi connectivity index (χ4n) is 6.19. The number of halogens is 4. The van der Waals surface area contributed by atoms with Gasteiger partial charge in [0.15, 0.2) is 11.4 Å². The van der Waals surface area contributed by atoms with Crippen molar-refractivity contribution in [3.05, 3.63) is 161 Å². The van der Waals surface area contributed by atoms with Crippen LogP contribution in [0.1, 0.15) is 43.5 Å². The first-order valence-electron chi connectivity index (χ1n) is 18.9. The molecule has 0 aliphatic carbocycles. The molecular weight excluding hydrogens is 873 g/mol. The Labute approximate surface area is 371 Å². The second-order valence-corrected chi connectivity index (χ2v) is 14.9. The Kier molecular flexibility index (Phi) is 12.7. The van der Waals surface area contributed by atoms with Gasteiger partial charge in [-0.15, -0.1) is 0 Å². The molecule has 8 aromatic rings. The SMILES string of the molecule is COc1ccc(NC(=O)c2nn(-c3ccc(Cl)cc3F)c3cc(C)c(C)nc3c2=O)cn1.COc1cncc(NC(=O)c2nn(-c3ccc(Cl)cc3F)c3cc(C)c(C)nc3c2=O)c1. The number of hydrogen-bond acceptors (Lipinski definition) is 12. The zero-order chi connectivity index (χ0) is 46.0. The number of aryl methyl sites for hydroxylation is 4. The molecule has 0 atom stereocenters. The smallest absolute Gasteiger partial charge is 0.280 e. The minimum Gasteiger partial charge on any atom is -0.495 e. The molecular formula is C44H34Cl2F2N10O6. The minimum atomic E-state index is -0.796. The number of benzene rings is 2. The molecule has 0 fully saturated rings. The predicted octanol–water partition coefficient (Wildman–Crippen LogP) is 7.69. The molecule has 20 heteroatoms. The molecule has 16 nitrogen and oxygen atoms in total. The van der Waals surface area contributed by atoms with Crippen molar-refractivity contribution in [2.45, 2.75) is 27.7 Å². The highest BCUT2D eigenvalue weighted by Gasteiger charge is 2.24. The van der Waals surface area contributed by atoms with Crippen LogP contribution in [0.5, 0.6) is 11.6 Å². The Morgan fingerprint density at radius 3 is 1.56 bits per heavy atom. The Morgan fingerprint density at radius 2 is 1.12 bits per heavy atom. The van der Waals surface area contributed by atoms with Crippen molar-refractivity contribution < 1.29 is 27.8 Å². The molecule has 0 radical (unpaired) electrons. The van der Waals surface area contributed by atoms with Gasteiger partial charge in [-0.1, -0.05) is 23.2 Å². The fraction of sp³-hybridized carbons (Fsp3) is 0.136. The molecule has 324 valence electrons. The van der Waals surface area contributed by atoms with E-state index in [2.05, 4.69) is 40.8 Å².